The van der Waals surface area contributed by atoms with E-state index in [1.807, 2.05) is 0 Å². The van der Waals surface area contributed by atoms with Crippen molar-refractivity contribution in [3.63, 3.8) is 0 Å². The zero-order valence-corrected chi connectivity index (χ0v) is 11.6. The normalized spacial score (nSPS) is 11.9. The van der Waals surface area contributed by atoms with Crippen molar-refractivity contribution in [2.75, 3.05) is 11.4 Å². The Balaban J connectivity index is 3.10. The van der Waals surface area contributed by atoms with E-state index < -0.39 is 18.0 Å². The van der Waals surface area contributed by atoms with Crippen LogP contribution in [0, 0.1) is 0 Å². The lowest BCUT2D eigenvalue weighted by atomic mass is 10.2. The van der Waals surface area contributed by atoms with Crippen LogP contribution in [-0.4, -0.2) is 34.7 Å². The highest BCUT2D eigenvalue weighted by atomic mass is 35.5. The Bertz CT molecular complexity index is 493. The quantitative estimate of drug-likeness (QED) is 0.845. The summed E-state index contributed by atoms with van der Waals surface area (Å²) in [4.78, 5) is 23.1. The third-order valence-corrected chi connectivity index (χ3v) is 3.16. The third kappa shape index (κ3) is 4.29. The van der Waals surface area contributed by atoms with Crippen molar-refractivity contribution in [1.29, 1.82) is 0 Å². The predicted molar refractivity (Wildman–Crippen MR) is 73.2 cm³/mol. The van der Waals surface area contributed by atoms with Crippen LogP contribution in [-0.2, 0) is 9.59 Å². The number of halogens is 2. The standard InChI is InChI=1S/C12H13Cl2NO4/c1-7(12(18)19)15(5-4-11(16)17)10-6-8(13)2-3-9(10)14/h2-3,6-7H,4-5H2,1H3,(H,16,17)(H,18,19). The molecule has 19 heavy (non-hydrogen) atoms. The van der Waals surface area contributed by atoms with Gasteiger partial charge in [-0.15, -0.1) is 0 Å². The Morgan fingerprint density at radius 1 is 1.32 bits per heavy atom. The van der Waals surface area contributed by atoms with Gasteiger partial charge in [0.1, 0.15) is 6.04 Å². The number of benzene rings is 1. The molecular formula is C12H13Cl2NO4. The van der Waals surface area contributed by atoms with Crippen LogP contribution in [0.4, 0.5) is 5.69 Å². The van der Waals surface area contributed by atoms with Crippen LogP contribution in [0.1, 0.15) is 13.3 Å². The molecule has 1 atom stereocenters. The second-order valence-electron chi connectivity index (χ2n) is 3.95. The molecule has 0 spiro atoms. The van der Waals surface area contributed by atoms with Gasteiger partial charge in [-0.1, -0.05) is 23.2 Å². The molecule has 0 saturated heterocycles. The third-order valence-electron chi connectivity index (χ3n) is 2.61. The van der Waals surface area contributed by atoms with Crippen molar-refractivity contribution >= 4 is 40.8 Å². The molecule has 1 rings (SSSR count). The summed E-state index contributed by atoms with van der Waals surface area (Å²) in [5.41, 5.74) is 0.408. The summed E-state index contributed by atoms with van der Waals surface area (Å²) in [5.74, 6) is -2.08. The second-order valence-corrected chi connectivity index (χ2v) is 4.79. The van der Waals surface area contributed by atoms with Crippen molar-refractivity contribution in [3.05, 3.63) is 28.2 Å². The van der Waals surface area contributed by atoms with Crippen molar-refractivity contribution in [1.82, 2.24) is 0 Å². The summed E-state index contributed by atoms with van der Waals surface area (Å²) in [6.45, 7) is 1.49. The van der Waals surface area contributed by atoms with Crippen LogP contribution in [0.5, 0.6) is 0 Å². The molecule has 0 aliphatic rings. The maximum Gasteiger partial charge on any atom is 0.326 e. The Morgan fingerprint density at radius 2 is 1.95 bits per heavy atom. The van der Waals surface area contributed by atoms with Gasteiger partial charge in [0.2, 0.25) is 0 Å². The van der Waals surface area contributed by atoms with Gasteiger partial charge in [0, 0.05) is 11.6 Å². The van der Waals surface area contributed by atoms with Gasteiger partial charge in [-0.25, -0.2) is 4.79 Å². The summed E-state index contributed by atoms with van der Waals surface area (Å²) in [7, 11) is 0. The number of aliphatic carboxylic acids is 2. The largest absolute Gasteiger partial charge is 0.481 e. The number of rotatable bonds is 6. The first-order chi connectivity index (χ1) is 8.82. The smallest absolute Gasteiger partial charge is 0.326 e. The molecule has 5 nitrogen and oxygen atoms in total. The fourth-order valence-corrected chi connectivity index (χ4v) is 1.97. The molecule has 104 valence electrons. The molecule has 0 saturated carbocycles. The van der Waals surface area contributed by atoms with Crippen molar-refractivity contribution < 1.29 is 19.8 Å². The molecule has 0 aliphatic carbocycles. The minimum Gasteiger partial charge on any atom is -0.481 e. The number of hydrogen-bond donors (Lipinski definition) is 2. The van der Waals surface area contributed by atoms with Gasteiger partial charge in [-0.3, -0.25) is 4.79 Å². The first kappa shape index (κ1) is 15.6. The molecule has 0 aromatic heterocycles. The first-order valence-corrected chi connectivity index (χ1v) is 6.25. The molecule has 2 N–H and O–H groups in total. The highest BCUT2D eigenvalue weighted by molar-refractivity contribution is 6.35. The molecule has 0 fully saturated rings. The number of carboxylic acids is 2. The monoisotopic (exact) mass is 305 g/mol. The van der Waals surface area contributed by atoms with Crippen LogP contribution in [0.3, 0.4) is 0 Å². The molecule has 1 unspecified atom stereocenters. The minimum atomic E-state index is -1.07. The number of carbonyl (C=O) groups is 2. The van der Waals surface area contributed by atoms with Gasteiger partial charge in [0.05, 0.1) is 17.1 Å². The number of carboxylic acid groups (broad SMARTS) is 2. The average Bonchev–Trinajstić information content (AvgIpc) is 2.32. The average molecular weight is 306 g/mol. The summed E-state index contributed by atoms with van der Waals surface area (Å²) >= 11 is 11.9. The SMILES string of the molecule is CC(C(=O)O)N(CCC(=O)O)c1cc(Cl)ccc1Cl. The van der Waals surface area contributed by atoms with E-state index in [4.69, 9.17) is 33.4 Å². The first-order valence-electron chi connectivity index (χ1n) is 5.49. The van der Waals surface area contributed by atoms with E-state index in [1.54, 1.807) is 12.1 Å². The van der Waals surface area contributed by atoms with E-state index in [0.29, 0.717) is 15.7 Å². The Morgan fingerprint density at radius 3 is 2.47 bits per heavy atom. The molecule has 0 amide bonds. The molecule has 0 radical (unpaired) electrons. The van der Waals surface area contributed by atoms with Crippen molar-refractivity contribution in [2.24, 2.45) is 0 Å². The van der Waals surface area contributed by atoms with Gasteiger partial charge in [-0.2, -0.15) is 0 Å². The van der Waals surface area contributed by atoms with Gasteiger partial charge < -0.3 is 15.1 Å². The molecular weight excluding hydrogens is 293 g/mol. The lowest BCUT2D eigenvalue weighted by Crippen LogP contribution is -2.40. The highest BCUT2D eigenvalue weighted by Gasteiger charge is 2.23. The lowest BCUT2D eigenvalue weighted by Gasteiger charge is -2.29. The molecule has 1 aromatic carbocycles. The van der Waals surface area contributed by atoms with E-state index in [9.17, 15) is 9.59 Å². The lowest BCUT2D eigenvalue weighted by molar-refractivity contribution is -0.139. The fourth-order valence-electron chi connectivity index (χ4n) is 1.58. The van der Waals surface area contributed by atoms with E-state index in [0.717, 1.165) is 0 Å². The van der Waals surface area contributed by atoms with Crippen LogP contribution >= 0.6 is 23.2 Å². The highest BCUT2D eigenvalue weighted by Crippen LogP contribution is 2.30. The van der Waals surface area contributed by atoms with Crippen LogP contribution < -0.4 is 4.90 Å². The summed E-state index contributed by atoms with van der Waals surface area (Å²) < 4.78 is 0. The van der Waals surface area contributed by atoms with Crippen molar-refractivity contribution in [3.8, 4) is 0 Å². The van der Waals surface area contributed by atoms with E-state index in [1.165, 1.54) is 17.9 Å². The maximum atomic E-state index is 11.1. The van der Waals surface area contributed by atoms with E-state index in [2.05, 4.69) is 0 Å². The van der Waals surface area contributed by atoms with Gasteiger partial charge in [0.15, 0.2) is 0 Å². The topological polar surface area (TPSA) is 77.8 Å². The van der Waals surface area contributed by atoms with Gasteiger partial charge in [0.25, 0.3) is 0 Å². The predicted octanol–water partition coefficient (Wildman–Crippen LogP) is 2.75. The molecule has 0 aliphatic heterocycles. The Labute approximate surface area is 120 Å². The Kier molecular flexibility index (Phi) is 5.44. The maximum absolute atomic E-state index is 11.1. The Hall–Kier alpha value is -1.46. The van der Waals surface area contributed by atoms with Crippen LogP contribution in [0.15, 0.2) is 18.2 Å². The molecule has 1 aromatic rings. The number of nitrogens with zero attached hydrogens (tertiary/aromatic N) is 1. The molecule has 0 heterocycles. The van der Waals surface area contributed by atoms with Gasteiger partial charge >= 0.3 is 11.9 Å². The number of hydrogen-bond acceptors (Lipinski definition) is 3. The summed E-state index contributed by atoms with van der Waals surface area (Å²) in [6, 6.07) is 3.73. The van der Waals surface area contributed by atoms with E-state index in [-0.39, 0.29) is 13.0 Å². The summed E-state index contributed by atoms with van der Waals surface area (Å²) in [5, 5.41) is 18.5. The van der Waals surface area contributed by atoms with Crippen LogP contribution in [0.2, 0.25) is 10.0 Å². The van der Waals surface area contributed by atoms with Crippen LogP contribution in [0.25, 0.3) is 0 Å². The van der Waals surface area contributed by atoms with Crippen molar-refractivity contribution in [2.45, 2.75) is 19.4 Å². The number of anilines is 1. The zero-order valence-electron chi connectivity index (χ0n) is 10.1. The second kappa shape index (κ2) is 6.63. The molecule has 7 heteroatoms. The molecule has 0 bridgehead atoms. The van der Waals surface area contributed by atoms with E-state index >= 15 is 0 Å². The minimum absolute atomic E-state index is 0.0306. The van der Waals surface area contributed by atoms with Gasteiger partial charge in [-0.05, 0) is 25.1 Å². The zero-order chi connectivity index (χ0) is 14.6. The fraction of sp³-hybridized carbons (Fsp3) is 0.333. The summed E-state index contributed by atoms with van der Waals surface area (Å²) in [6.07, 6.45) is -0.194.